The van der Waals surface area contributed by atoms with Crippen molar-refractivity contribution in [3.05, 3.63) is 0 Å². The molecule has 0 fully saturated rings. The minimum Gasteiger partial charge on any atom is -0.468 e. The molecule has 0 aliphatic rings. The van der Waals surface area contributed by atoms with Crippen LogP contribution in [0.5, 0.6) is 0 Å². The number of hydrogen-bond acceptors (Lipinski definition) is 4. The zero-order valence-corrected chi connectivity index (χ0v) is 6.20. The van der Waals surface area contributed by atoms with Crippen LogP contribution in [-0.2, 0) is 19.1 Å². The minimum absolute atomic E-state index is 0.431. The van der Waals surface area contributed by atoms with Crippen LogP contribution in [-0.4, -0.2) is 26.2 Å². The molecule has 0 amide bonds. The maximum absolute atomic E-state index is 9.18. The lowest BCUT2D eigenvalue weighted by molar-refractivity contribution is -0.129. The van der Waals surface area contributed by atoms with E-state index in [1.54, 1.807) is 13.8 Å². The van der Waals surface area contributed by atoms with E-state index < -0.39 is 0 Å². The third-order valence-corrected chi connectivity index (χ3v) is 0.469. The SMILES string of the molecule is CCOC=O.CCOC=O. The lowest BCUT2D eigenvalue weighted by Crippen LogP contribution is -1.80. The monoisotopic (exact) mass is 148 g/mol. The Morgan fingerprint density at radius 2 is 1.30 bits per heavy atom. The third kappa shape index (κ3) is 28.3. The first-order valence-corrected chi connectivity index (χ1v) is 2.93. The van der Waals surface area contributed by atoms with Crippen LogP contribution < -0.4 is 0 Å². The molecular weight excluding hydrogens is 136 g/mol. The quantitative estimate of drug-likeness (QED) is 0.540. The van der Waals surface area contributed by atoms with E-state index in [1.165, 1.54) is 0 Å². The molecule has 0 atom stereocenters. The van der Waals surface area contributed by atoms with Gasteiger partial charge in [0.2, 0.25) is 0 Å². The summed E-state index contributed by atoms with van der Waals surface area (Å²) in [4.78, 5) is 18.4. The predicted octanol–water partition coefficient (Wildman–Crippen LogP) is 0.359. The maximum Gasteiger partial charge on any atom is 0.293 e. The molecule has 0 aromatic rings. The Morgan fingerprint density at radius 3 is 1.30 bits per heavy atom. The van der Waals surface area contributed by atoms with Crippen molar-refractivity contribution in [2.45, 2.75) is 13.8 Å². The highest BCUT2D eigenvalue weighted by molar-refractivity contribution is 5.36. The second-order valence-electron chi connectivity index (χ2n) is 1.10. The van der Waals surface area contributed by atoms with E-state index in [9.17, 15) is 9.59 Å². The van der Waals surface area contributed by atoms with Crippen molar-refractivity contribution in [3.63, 3.8) is 0 Å². The van der Waals surface area contributed by atoms with Gasteiger partial charge in [0, 0.05) is 0 Å². The van der Waals surface area contributed by atoms with E-state index >= 15 is 0 Å². The molecule has 0 aliphatic heterocycles. The van der Waals surface area contributed by atoms with E-state index in [2.05, 4.69) is 9.47 Å². The Labute approximate surface area is 60.1 Å². The lowest BCUT2D eigenvalue weighted by atomic mass is 10.9. The molecule has 0 radical (unpaired) electrons. The van der Waals surface area contributed by atoms with Crippen molar-refractivity contribution >= 4 is 12.9 Å². The Bertz CT molecular complexity index is 62.1. The third-order valence-electron chi connectivity index (χ3n) is 0.469. The zero-order chi connectivity index (χ0) is 8.24. The number of carbonyl (C=O) groups excluding carboxylic acids is 2. The molecule has 0 N–H and O–H groups in total. The van der Waals surface area contributed by atoms with Gasteiger partial charge in [0.25, 0.3) is 12.9 Å². The van der Waals surface area contributed by atoms with Crippen molar-refractivity contribution in [2.24, 2.45) is 0 Å². The van der Waals surface area contributed by atoms with Crippen molar-refractivity contribution in [3.8, 4) is 0 Å². The standard InChI is InChI=1S/2C3H6O2/c2*1-2-5-3-4/h2*3H,2H2,1H3. The molecule has 0 saturated heterocycles. The van der Waals surface area contributed by atoms with Gasteiger partial charge in [-0.15, -0.1) is 0 Å². The molecule has 0 spiro atoms. The molecule has 0 saturated carbocycles. The Kier molecular flexibility index (Phi) is 18.3. The first-order chi connectivity index (χ1) is 4.83. The van der Waals surface area contributed by atoms with Gasteiger partial charge in [0.05, 0.1) is 13.2 Å². The van der Waals surface area contributed by atoms with Crippen LogP contribution in [0.1, 0.15) is 13.8 Å². The normalized spacial score (nSPS) is 6.60. The topological polar surface area (TPSA) is 52.6 Å². The highest BCUT2D eigenvalue weighted by atomic mass is 16.5. The highest BCUT2D eigenvalue weighted by Crippen LogP contribution is 1.55. The number of carbonyl (C=O) groups is 2. The molecule has 0 rings (SSSR count). The molecule has 0 unspecified atom stereocenters. The summed E-state index contributed by atoms with van der Waals surface area (Å²) in [6.07, 6.45) is 0. The number of hydrogen-bond donors (Lipinski definition) is 0. The van der Waals surface area contributed by atoms with Crippen molar-refractivity contribution in [1.82, 2.24) is 0 Å². The summed E-state index contributed by atoms with van der Waals surface area (Å²) >= 11 is 0. The van der Waals surface area contributed by atoms with Crippen LogP contribution in [0.15, 0.2) is 0 Å². The number of ether oxygens (including phenoxy) is 2. The summed E-state index contributed by atoms with van der Waals surface area (Å²) in [6.45, 7) is 5.33. The van der Waals surface area contributed by atoms with Crippen molar-refractivity contribution < 1.29 is 19.1 Å². The molecule has 4 heteroatoms. The predicted molar refractivity (Wildman–Crippen MR) is 35.4 cm³/mol. The van der Waals surface area contributed by atoms with Gasteiger partial charge in [-0.3, -0.25) is 9.59 Å². The Morgan fingerprint density at radius 1 is 1.00 bits per heavy atom. The fourth-order valence-electron chi connectivity index (χ4n) is 0.136. The maximum atomic E-state index is 9.18. The average Bonchev–Trinajstić information content (AvgIpc) is 1.93. The van der Waals surface area contributed by atoms with E-state index in [1.807, 2.05) is 0 Å². The first-order valence-electron chi connectivity index (χ1n) is 2.93. The summed E-state index contributed by atoms with van der Waals surface area (Å²) < 4.78 is 8.31. The second-order valence-corrected chi connectivity index (χ2v) is 1.10. The first kappa shape index (κ1) is 11.7. The summed E-state index contributed by atoms with van der Waals surface area (Å²) in [5.41, 5.74) is 0. The summed E-state index contributed by atoms with van der Waals surface area (Å²) in [5, 5.41) is 0. The Hall–Kier alpha value is -1.06. The fourth-order valence-corrected chi connectivity index (χ4v) is 0.136. The molecule has 0 bridgehead atoms. The molecular formula is C6H12O4. The minimum atomic E-state index is 0.431. The molecule has 4 nitrogen and oxygen atoms in total. The second kappa shape index (κ2) is 15.7. The molecule has 0 heterocycles. The van der Waals surface area contributed by atoms with Gasteiger partial charge in [-0.1, -0.05) is 0 Å². The van der Waals surface area contributed by atoms with Crippen LogP contribution in [0, 0.1) is 0 Å². The van der Waals surface area contributed by atoms with E-state index in [0.29, 0.717) is 26.2 Å². The largest absolute Gasteiger partial charge is 0.468 e. The van der Waals surface area contributed by atoms with Crippen LogP contribution in [0.25, 0.3) is 0 Å². The van der Waals surface area contributed by atoms with Gasteiger partial charge in [-0.05, 0) is 13.8 Å². The van der Waals surface area contributed by atoms with Crippen LogP contribution in [0.2, 0.25) is 0 Å². The van der Waals surface area contributed by atoms with Crippen LogP contribution in [0.4, 0.5) is 0 Å². The summed E-state index contributed by atoms with van der Waals surface area (Å²) in [7, 11) is 0. The van der Waals surface area contributed by atoms with E-state index in [4.69, 9.17) is 0 Å². The summed E-state index contributed by atoms with van der Waals surface area (Å²) in [6, 6.07) is 0. The zero-order valence-electron chi connectivity index (χ0n) is 6.20. The van der Waals surface area contributed by atoms with E-state index in [0.717, 1.165) is 0 Å². The van der Waals surface area contributed by atoms with Crippen LogP contribution in [0.3, 0.4) is 0 Å². The average molecular weight is 148 g/mol. The molecule has 60 valence electrons. The summed E-state index contributed by atoms with van der Waals surface area (Å²) in [5.74, 6) is 0. The smallest absolute Gasteiger partial charge is 0.293 e. The van der Waals surface area contributed by atoms with Crippen molar-refractivity contribution in [1.29, 1.82) is 0 Å². The van der Waals surface area contributed by atoms with Gasteiger partial charge >= 0.3 is 0 Å². The van der Waals surface area contributed by atoms with E-state index in [-0.39, 0.29) is 0 Å². The molecule has 0 aliphatic carbocycles. The Balaban J connectivity index is 0. The highest BCUT2D eigenvalue weighted by Gasteiger charge is 1.61. The van der Waals surface area contributed by atoms with Gasteiger partial charge in [-0.25, -0.2) is 0 Å². The van der Waals surface area contributed by atoms with Crippen LogP contribution >= 0.6 is 0 Å². The van der Waals surface area contributed by atoms with Gasteiger partial charge in [-0.2, -0.15) is 0 Å². The lowest BCUT2D eigenvalue weighted by Gasteiger charge is -1.79. The number of rotatable bonds is 4. The van der Waals surface area contributed by atoms with Gasteiger partial charge in [0.15, 0.2) is 0 Å². The van der Waals surface area contributed by atoms with Crippen molar-refractivity contribution in [2.75, 3.05) is 13.2 Å². The molecule has 0 aromatic carbocycles. The fraction of sp³-hybridized carbons (Fsp3) is 0.667. The molecule has 0 aromatic heterocycles. The molecule has 10 heavy (non-hydrogen) atoms. The van der Waals surface area contributed by atoms with Gasteiger partial charge < -0.3 is 9.47 Å². The van der Waals surface area contributed by atoms with Gasteiger partial charge in [0.1, 0.15) is 0 Å².